The first-order chi connectivity index (χ1) is 21.3. The van der Waals surface area contributed by atoms with E-state index in [0.29, 0.717) is 0 Å². The van der Waals surface area contributed by atoms with Crippen molar-refractivity contribution in [1.29, 1.82) is 0 Å². The number of anilines is 3. The van der Waals surface area contributed by atoms with Gasteiger partial charge in [0.1, 0.15) is 0 Å². The normalized spacial score (nSPS) is 11.3. The molecular formula is C42H29N. The minimum atomic E-state index is 1.12. The van der Waals surface area contributed by atoms with E-state index in [0.717, 1.165) is 17.1 Å². The number of rotatable bonds is 5. The summed E-state index contributed by atoms with van der Waals surface area (Å²) in [6.45, 7) is 0. The van der Waals surface area contributed by atoms with Gasteiger partial charge in [-0.2, -0.15) is 0 Å². The molecule has 0 amide bonds. The molecule has 0 aromatic heterocycles. The molecule has 0 aliphatic heterocycles. The zero-order valence-electron chi connectivity index (χ0n) is 23.7. The van der Waals surface area contributed by atoms with Crippen LogP contribution in [-0.4, -0.2) is 0 Å². The summed E-state index contributed by atoms with van der Waals surface area (Å²) in [5, 5.41) is 7.65. The Morgan fingerprint density at radius 3 is 1.33 bits per heavy atom. The number of nitrogens with zero attached hydrogens (tertiary/aromatic N) is 1. The minimum absolute atomic E-state index is 1.12. The maximum Gasteiger partial charge on any atom is 0.0468 e. The number of hydrogen-bond donors (Lipinski definition) is 0. The standard InChI is InChI=1S/C42H29N/c1-3-9-30(10-4-1)32-19-23-37(24-20-32)43(38-25-21-33(22-26-38)31-11-5-2-6-12-31)39-27-28-41-36(29-39)18-17-35-16-15-34-13-7-8-14-40(34)42(35)41/h1-29H. The van der Waals surface area contributed by atoms with E-state index in [4.69, 9.17) is 0 Å². The summed E-state index contributed by atoms with van der Waals surface area (Å²) in [5.74, 6) is 0. The summed E-state index contributed by atoms with van der Waals surface area (Å²) >= 11 is 0. The van der Waals surface area contributed by atoms with Gasteiger partial charge in [-0.25, -0.2) is 0 Å². The molecule has 0 N–H and O–H groups in total. The van der Waals surface area contributed by atoms with Gasteiger partial charge in [0.15, 0.2) is 0 Å². The second-order valence-electron chi connectivity index (χ2n) is 11.0. The van der Waals surface area contributed by atoms with Crippen LogP contribution in [-0.2, 0) is 0 Å². The molecule has 1 heteroatoms. The summed E-state index contributed by atoms with van der Waals surface area (Å²) in [4.78, 5) is 2.36. The smallest absolute Gasteiger partial charge is 0.0468 e. The maximum atomic E-state index is 2.36. The van der Waals surface area contributed by atoms with Gasteiger partial charge in [0.25, 0.3) is 0 Å². The van der Waals surface area contributed by atoms with Crippen molar-refractivity contribution in [3.8, 4) is 22.3 Å². The molecule has 8 aromatic rings. The van der Waals surface area contributed by atoms with Crippen molar-refractivity contribution in [2.24, 2.45) is 0 Å². The second kappa shape index (κ2) is 10.6. The highest BCUT2D eigenvalue weighted by Gasteiger charge is 2.15. The molecule has 0 unspecified atom stereocenters. The van der Waals surface area contributed by atoms with Crippen LogP contribution in [0.2, 0.25) is 0 Å². The Balaban J connectivity index is 1.27. The molecule has 202 valence electrons. The highest BCUT2D eigenvalue weighted by Crippen LogP contribution is 2.40. The lowest BCUT2D eigenvalue weighted by Crippen LogP contribution is -2.09. The van der Waals surface area contributed by atoms with Crippen molar-refractivity contribution >= 4 is 49.4 Å². The Morgan fingerprint density at radius 2 is 0.721 bits per heavy atom. The number of fused-ring (bicyclic) bond motifs is 5. The van der Waals surface area contributed by atoms with Crippen LogP contribution in [0, 0.1) is 0 Å². The molecule has 0 aliphatic rings. The van der Waals surface area contributed by atoms with Crippen LogP contribution in [0.1, 0.15) is 0 Å². The van der Waals surface area contributed by atoms with Crippen LogP contribution in [0.3, 0.4) is 0 Å². The van der Waals surface area contributed by atoms with E-state index < -0.39 is 0 Å². The molecule has 0 fully saturated rings. The lowest BCUT2D eigenvalue weighted by Gasteiger charge is -2.26. The van der Waals surface area contributed by atoms with E-state index >= 15 is 0 Å². The quantitative estimate of drug-likeness (QED) is 0.194. The molecular weight excluding hydrogens is 518 g/mol. The van der Waals surface area contributed by atoms with E-state index in [-0.39, 0.29) is 0 Å². The number of benzene rings is 8. The van der Waals surface area contributed by atoms with Crippen LogP contribution in [0.4, 0.5) is 17.1 Å². The minimum Gasteiger partial charge on any atom is -0.310 e. The molecule has 0 saturated heterocycles. The third kappa shape index (κ3) is 4.62. The molecule has 8 aromatic carbocycles. The van der Waals surface area contributed by atoms with Crippen LogP contribution >= 0.6 is 0 Å². The maximum absolute atomic E-state index is 2.36. The fourth-order valence-electron chi connectivity index (χ4n) is 6.28. The zero-order valence-corrected chi connectivity index (χ0v) is 23.7. The van der Waals surface area contributed by atoms with E-state index in [1.54, 1.807) is 0 Å². The summed E-state index contributed by atoms with van der Waals surface area (Å²) in [6.07, 6.45) is 0. The summed E-state index contributed by atoms with van der Waals surface area (Å²) < 4.78 is 0. The third-order valence-corrected chi connectivity index (χ3v) is 8.43. The van der Waals surface area contributed by atoms with Crippen molar-refractivity contribution in [2.45, 2.75) is 0 Å². The first-order valence-electron chi connectivity index (χ1n) is 14.8. The fraction of sp³-hybridized carbons (Fsp3) is 0. The lowest BCUT2D eigenvalue weighted by molar-refractivity contribution is 1.29. The SMILES string of the molecule is c1ccc(-c2ccc(N(c3ccc(-c4ccccc4)cc3)c3ccc4c(ccc5ccc6ccccc6c54)c3)cc2)cc1. The summed E-state index contributed by atoms with van der Waals surface area (Å²) in [5.41, 5.74) is 8.24. The largest absolute Gasteiger partial charge is 0.310 e. The molecule has 8 rings (SSSR count). The summed E-state index contributed by atoms with van der Waals surface area (Å²) in [7, 11) is 0. The van der Waals surface area contributed by atoms with Gasteiger partial charge >= 0.3 is 0 Å². The molecule has 1 nitrogen and oxygen atoms in total. The van der Waals surface area contributed by atoms with Gasteiger partial charge in [0, 0.05) is 17.1 Å². The molecule has 0 heterocycles. The van der Waals surface area contributed by atoms with Crippen LogP contribution < -0.4 is 4.90 Å². The van der Waals surface area contributed by atoms with Crippen molar-refractivity contribution in [2.75, 3.05) is 4.90 Å². The monoisotopic (exact) mass is 547 g/mol. The molecule has 0 saturated carbocycles. The van der Waals surface area contributed by atoms with E-state index in [9.17, 15) is 0 Å². The van der Waals surface area contributed by atoms with Gasteiger partial charge in [0.05, 0.1) is 0 Å². The van der Waals surface area contributed by atoms with Gasteiger partial charge < -0.3 is 4.90 Å². The molecule has 0 atom stereocenters. The van der Waals surface area contributed by atoms with E-state index in [1.165, 1.54) is 54.6 Å². The van der Waals surface area contributed by atoms with Crippen LogP contribution in [0.25, 0.3) is 54.6 Å². The Hall–Kier alpha value is -5.66. The fourth-order valence-corrected chi connectivity index (χ4v) is 6.28. The van der Waals surface area contributed by atoms with Crippen LogP contribution in [0.5, 0.6) is 0 Å². The molecule has 43 heavy (non-hydrogen) atoms. The molecule has 0 bridgehead atoms. The lowest BCUT2D eigenvalue weighted by atomic mass is 9.96. The highest BCUT2D eigenvalue weighted by molar-refractivity contribution is 6.20. The van der Waals surface area contributed by atoms with E-state index in [2.05, 4.69) is 181 Å². The van der Waals surface area contributed by atoms with Gasteiger partial charge in [-0.15, -0.1) is 0 Å². The average molecular weight is 548 g/mol. The van der Waals surface area contributed by atoms with Crippen molar-refractivity contribution in [1.82, 2.24) is 0 Å². The van der Waals surface area contributed by atoms with Crippen molar-refractivity contribution < 1.29 is 0 Å². The third-order valence-electron chi connectivity index (χ3n) is 8.43. The first kappa shape index (κ1) is 25.1. The van der Waals surface area contributed by atoms with E-state index in [1.807, 2.05) is 0 Å². The van der Waals surface area contributed by atoms with Crippen molar-refractivity contribution in [3.63, 3.8) is 0 Å². The van der Waals surface area contributed by atoms with Crippen LogP contribution in [0.15, 0.2) is 176 Å². The Labute approximate surface area is 251 Å². The van der Waals surface area contributed by atoms with Crippen molar-refractivity contribution in [3.05, 3.63) is 176 Å². The Kier molecular flexibility index (Phi) is 6.20. The van der Waals surface area contributed by atoms with Gasteiger partial charge in [-0.3, -0.25) is 0 Å². The second-order valence-corrected chi connectivity index (χ2v) is 11.0. The predicted octanol–water partition coefficient (Wildman–Crippen LogP) is 11.9. The zero-order chi connectivity index (χ0) is 28.6. The molecule has 0 spiro atoms. The highest BCUT2D eigenvalue weighted by atomic mass is 15.1. The summed E-state index contributed by atoms with van der Waals surface area (Å²) in [6, 6.07) is 63.4. The predicted molar refractivity (Wildman–Crippen MR) is 185 cm³/mol. The van der Waals surface area contributed by atoms with Gasteiger partial charge in [-0.1, -0.05) is 140 Å². The number of hydrogen-bond acceptors (Lipinski definition) is 1. The van der Waals surface area contributed by atoms with Gasteiger partial charge in [0.2, 0.25) is 0 Å². The first-order valence-corrected chi connectivity index (χ1v) is 14.8. The Morgan fingerprint density at radius 1 is 0.279 bits per heavy atom. The average Bonchev–Trinajstić information content (AvgIpc) is 3.09. The molecule has 0 aliphatic carbocycles. The topological polar surface area (TPSA) is 3.24 Å². The molecule has 0 radical (unpaired) electrons. The van der Waals surface area contributed by atoms with Gasteiger partial charge in [-0.05, 0) is 91.0 Å². The Bertz CT molecular complexity index is 2120.